The molecule has 1 amide bonds. The standard InChI is InChI=1S/C25H24N2O4S/c1-4-31-20-11-8-12-22-23(20)26-25(32-22)27(16-17-9-6-5-7-10-17)24(28)18-13-14-19(29-2)21(15-18)30-3/h5-15H,4,16H2,1-3H3. The molecule has 0 fully saturated rings. The molecule has 7 heteroatoms. The van der Waals surface area contributed by atoms with Crippen LogP contribution in [0, 0.1) is 0 Å². The highest BCUT2D eigenvalue weighted by Gasteiger charge is 2.24. The number of carbonyl (C=O) groups excluding carboxylic acids is 1. The summed E-state index contributed by atoms with van der Waals surface area (Å²) in [7, 11) is 3.12. The highest BCUT2D eigenvalue weighted by molar-refractivity contribution is 7.22. The summed E-state index contributed by atoms with van der Waals surface area (Å²) in [5.74, 6) is 1.61. The Morgan fingerprint density at radius 2 is 1.72 bits per heavy atom. The molecule has 3 aromatic carbocycles. The van der Waals surface area contributed by atoms with E-state index >= 15 is 0 Å². The van der Waals surface area contributed by atoms with Crippen LogP contribution in [-0.4, -0.2) is 31.7 Å². The van der Waals surface area contributed by atoms with Gasteiger partial charge in [0, 0.05) is 5.56 Å². The molecule has 0 saturated heterocycles. The fourth-order valence-electron chi connectivity index (χ4n) is 3.42. The lowest BCUT2D eigenvalue weighted by Gasteiger charge is -2.21. The number of thiazole rings is 1. The average Bonchev–Trinajstić information content (AvgIpc) is 3.27. The number of methoxy groups -OCH3 is 2. The third-order valence-electron chi connectivity index (χ3n) is 4.96. The van der Waals surface area contributed by atoms with Gasteiger partial charge in [0.15, 0.2) is 16.6 Å². The van der Waals surface area contributed by atoms with Crippen molar-refractivity contribution < 1.29 is 19.0 Å². The molecule has 0 N–H and O–H groups in total. The van der Waals surface area contributed by atoms with Crippen molar-refractivity contribution >= 4 is 32.6 Å². The molecule has 32 heavy (non-hydrogen) atoms. The molecule has 0 atom stereocenters. The quantitative estimate of drug-likeness (QED) is 0.353. The number of anilines is 1. The molecule has 0 spiro atoms. The highest BCUT2D eigenvalue weighted by atomic mass is 32.1. The summed E-state index contributed by atoms with van der Waals surface area (Å²) in [5, 5.41) is 0.607. The van der Waals surface area contributed by atoms with Gasteiger partial charge in [0.25, 0.3) is 5.91 Å². The number of amides is 1. The number of hydrogen-bond acceptors (Lipinski definition) is 6. The van der Waals surface area contributed by atoms with E-state index in [0.717, 1.165) is 15.8 Å². The monoisotopic (exact) mass is 448 g/mol. The first-order chi connectivity index (χ1) is 15.6. The molecule has 0 aliphatic heterocycles. The number of fused-ring (bicyclic) bond motifs is 1. The predicted octanol–water partition coefficient (Wildman–Crippen LogP) is 5.56. The van der Waals surface area contributed by atoms with Gasteiger partial charge in [-0.05, 0) is 42.8 Å². The number of rotatable bonds is 8. The van der Waals surface area contributed by atoms with Crippen LogP contribution in [0.25, 0.3) is 10.2 Å². The molecule has 0 aliphatic rings. The van der Waals surface area contributed by atoms with E-state index in [0.29, 0.717) is 41.1 Å². The van der Waals surface area contributed by atoms with Gasteiger partial charge < -0.3 is 14.2 Å². The summed E-state index contributed by atoms with van der Waals surface area (Å²) in [6, 6.07) is 20.8. The van der Waals surface area contributed by atoms with Gasteiger partial charge in [0.05, 0.1) is 32.1 Å². The summed E-state index contributed by atoms with van der Waals surface area (Å²) in [4.78, 5) is 20.2. The number of carbonyl (C=O) groups is 1. The highest BCUT2D eigenvalue weighted by Crippen LogP contribution is 2.36. The van der Waals surface area contributed by atoms with Crippen molar-refractivity contribution in [2.45, 2.75) is 13.5 Å². The molecule has 0 unspecified atom stereocenters. The number of nitrogens with zero attached hydrogens (tertiary/aromatic N) is 2. The van der Waals surface area contributed by atoms with Crippen LogP contribution in [0.4, 0.5) is 5.13 Å². The minimum absolute atomic E-state index is 0.174. The van der Waals surface area contributed by atoms with E-state index in [1.54, 1.807) is 37.3 Å². The van der Waals surface area contributed by atoms with Crippen LogP contribution in [0.5, 0.6) is 17.2 Å². The second-order valence-electron chi connectivity index (χ2n) is 6.98. The van der Waals surface area contributed by atoms with Crippen molar-refractivity contribution in [3.05, 3.63) is 77.9 Å². The van der Waals surface area contributed by atoms with Gasteiger partial charge in [-0.3, -0.25) is 9.69 Å². The summed E-state index contributed by atoms with van der Waals surface area (Å²) in [5.41, 5.74) is 2.25. The Labute approximate surface area is 191 Å². The SMILES string of the molecule is CCOc1cccc2sc(N(Cc3ccccc3)C(=O)c3ccc(OC)c(OC)c3)nc12. The summed E-state index contributed by atoms with van der Waals surface area (Å²) in [6.07, 6.45) is 0. The topological polar surface area (TPSA) is 60.9 Å². The van der Waals surface area contributed by atoms with Crippen molar-refractivity contribution in [1.29, 1.82) is 0 Å². The Kier molecular flexibility index (Phi) is 6.56. The van der Waals surface area contributed by atoms with Crippen molar-refractivity contribution in [2.75, 3.05) is 25.7 Å². The first-order valence-corrected chi connectivity index (χ1v) is 11.1. The normalized spacial score (nSPS) is 10.7. The zero-order valence-electron chi connectivity index (χ0n) is 18.2. The molecule has 1 aromatic heterocycles. The van der Waals surface area contributed by atoms with Crippen molar-refractivity contribution in [2.24, 2.45) is 0 Å². The second-order valence-corrected chi connectivity index (χ2v) is 7.99. The minimum Gasteiger partial charge on any atom is -0.493 e. The van der Waals surface area contributed by atoms with Gasteiger partial charge in [0.1, 0.15) is 11.3 Å². The van der Waals surface area contributed by atoms with Crippen LogP contribution >= 0.6 is 11.3 Å². The van der Waals surface area contributed by atoms with E-state index in [1.807, 2.05) is 55.5 Å². The van der Waals surface area contributed by atoms with Crippen molar-refractivity contribution in [1.82, 2.24) is 4.98 Å². The fourth-order valence-corrected chi connectivity index (χ4v) is 4.40. The molecule has 4 aromatic rings. The third-order valence-corrected chi connectivity index (χ3v) is 6.00. The van der Waals surface area contributed by atoms with Gasteiger partial charge in [-0.1, -0.05) is 47.7 Å². The number of ether oxygens (including phenoxy) is 3. The molecule has 4 rings (SSSR count). The molecule has 0 radical (unpaired) electrons. The number of benzene rings is 3. The van der Waals surface area contributed by atoms with Crippen LogP contribution in [0.15, 0.2) is 66.7 Å². The largest absolute Gasteiger partial charge is 0.493 e. The second kappa shape index (κ2) is 9.70. The van der Waals surface area contributed by atoms with Crippen LogP contribution in [0.1, 0.15) is 22.8 Å². The Morgan fingerprint density at radius 3 is 2.44 bits per heavy atom. The summed E-state index contributed by atoms with van der Waals surface area (Å²) in [6.45, 7) is 2.87. The molecule has 1 heterocycles. The van der Waals surface area contributed by atoms with Crippen LogP contribution in [0.3, 0.4) is 0 Å². The lowest BCUT2D eigenvalue weighted by molar-refractivity contribution is 0.0984. The average molecular weight is 449 g/mol. The summed E-state index contributed by atoms with van der Waals surface area (Å²) < 4.78 is 17.4. The van der Waals surface area contributed by atoms with Gasteiger partial charge in [0.2, 0.25) is 0 Å². The lowest BCUT2D eigenvalue weighted by atomic mass is 10.1. The third kappa shape index (κ3) is 4.38. The molecular weight excluding hydrogens is 424 g/mol. The van der Waals surface area contributed by atoms with Gasteiger partial charge in [-0.2, -0.15) is 0 Å². The Morgan fingerprint density at radius 1 is 0.938 bits per heavy atom. The van der Waals surface area contributed by atoms with Gasteiger partial charge in [-0.25, -0.2) is 4.98 Å². The van der Waals surface area contributed by atoms with Gasteiger partial charge in [-0.15, -0.1) is 0 Å². The fraction of sp³-hybridized carbons (Fsp3) is 0.200. The van der Waals surface area contributed by atoms with E-state index in [1.165, 1.54) is 11.3 Å². The number of hydrogen-bond donors (Lipinski definition) is 0. The molecule has 164 valence electrons. The first kappa shape index (κ1) is 21.6. The first-order valence-electron chi connectivity index (χ1n) is 10.2. The lowest BCUT2D eigenvalue weighted by Crippen LogP contribution is -2.30. The van der Waals surface area contributed by atoms with Crippen LogP contribution < -0.4 is 19.1 Å². The van der Waals surface area contributed by atoms with Gasteiger partial charge >= 0.3 is 0 Å². The smallest absolute Gasteiger partial charge is 0.260 e. The zero-order chi connectivity index (χ0) is 22.5. The molecule has 0 aliphatic carbocycles. The minimum atomic E-state index is -0.174. The van der Waals surface area contributed by atoms with E-state index in [-0.39, 0.29) is 5.91 Å². The van der Waals surface area contributed by atoms with E-state index in [9.17, 15) is 4.79 Å². The molecule has 0 saturated carbocycles. The molecule has 6 nitrogen and oxygen atoms in total. The van der Waals surface area contributed by atoms with Crippen LogP contribution in [-0.2, 0) is 6.54 Å². The Bertz CT molecular complexity index is 1220. The predicted molar refractivity (Wildman–Crippen MR) is 127 cm³/mol. The maximum atomic E-state index is 13.7. The van der Waals surface area contributed by atoms with E-state index in [2.05, 4.69) is 0 Å². The maximum absolute atomic E-state index is 13.7. The number of aromatic nitrogens is 1. The van der Waals surface area contributed by atoms with E-state index < -0.39 is 0 Å². The molecular formula is C25H24N2O4S. The zero-order valence-corrected chi connectivity index (χ0v) is 19.0. The Hall–Kier alpha value is -3.58. The van der Waals surface area contributed by atoms with E-state index in [4.69, 9.17) is 19.2 Å². The summed E-state index contributed by atoms with van der Waals surface area (Å²) >= 11 is 1.46. The van der Waals surface area contributed by atoms with Crippen LogP contribution in [0.2, 0.25) is 0 Å². The molecule has 0 bridgehead atoms. The Balaban J connectivity index is 1.78. The van der Waals surface area contributed by atoms with Crippen molar-refractivity contribution in [3.63, 3.8) is 0 Å². The maximum Gasteiger partial charge on any atom is 0.260 e. The van der Waals surface area contributed by atoms with Crippen molar-refractivity contribution in [3.8, 4) is 17.2 Å². The number of para-hydroxylation sites is 1.